The first-order valence-corrected chi connectivity index (χ1v) is 5.83. The Morgan fingerprint density at radius 1 is 1.61 bits per heavy atom. The summed E-state index contributed by atoms with van der Waals surface area (Å²) in [5, 5.41) is 14.4. The van der Waals surface area contributed by atoms with Crippen LogP contribution in [0.3, 0.4) is 0 Å². The normalized spacial score (nSPS) is 10.6. The Labute approximate surface area is 107 Å². The van der Waals surface area contributed by atoms with Gasteiger partial charge in [-0.2, -0.15) is 5.26 Å². The molecule has 0 saturated carbocycles. The van der Waals surface area contributed by atoms with E-state index in [0.29, 0.717) is 6.54 Å². The Morgan fingerprint density at radius 2 is 2.44 bits per heavy atom. The van der Waals surface area contributed by atoms with Gasteiger partial charge >= 0.3 is 0 Å². The minimum Gasteiger partial charge on any atom is -0.359 e. The number of anilines is 1. The fraction of sp³-hybridized carbons (Fsp3) is 0.308. The van der Waals surface area contributed by atoms with Gasteiger partial charge in [-0.3, -0.25) is 9.78 Å². The van der Waals surface area contributed by atoms with Crippen LogP contribution in [-0.4, -0.2) is 17.4 Å². The van der Waals surface area contributed by atoms with Gasteiger partial charge in [0, 0.05) is 18.9 Å². The number of hydrogen-bond acceptors (Lipinski definition) is 4. The number of hydrogen-bond donors (Lipinski definition) is 2. The summed E-state index contributed by atoms with van der Waals surface area (Å²) in [6, 6.07) is 5.43. The van der Waals surface area contributed by atoms with E-state index in [1.165, 1.54) is 6.20 Å². The molecule has 0 radical (unpaired) electrons. The number of nitrogens with zero attached hydrogens (tertiary/aromatic N) is 2. The number of unbranched alkanes of at least 4 members (excludes halogenated alkanes) is 1. The van der Waals surface area contributed by atoms with Crippen molar-refractivity contribution in [3.8, 4) is 6.07 Å². The van der Waals surface area contributed by atoms with Gasteiger partial charge in [0.25, 0.3) is 5.91 Å². The van der Waals surface area contributed by atoms with E-state index in [0.717, 1.165) is 18.5 Å². The van der Waals surface area contributed by atoms with Crippen molar-refractivity contribution in [1.29, 1.82) is 5.26 Å². The van der Waals surface area contributed by atoms with E-state index in [1.54, 1.807) is 24.5 Å². The molecule has 5 heteroatoms. The standard InChI is InChI=1S/C13H16N4O/c1-2-3-7-16-13(18)11(8-14)9-17-12-5-4-6-15-10-12/h4-6,9-10,17H,2-3,7H2,1H3,(H,16,18)/b11-9-. The SMILES string of the molecule is CCCCNC(=O)/C(C#N)=C\Nc1cccnc1. The lowest BCUT2D eigenvalue weighted by Gasteiger charge is -2.03. The number of nitriles is 1. The lowest BCUT2D eigenvalue weighted by Crippen LogP contribution is -2.25. The van der Waals surface area contributed by atoms with E-state index in [1.807, 2.05) is 13.0 Å². The minimum atomic E-state index is -0.359. The van der Waals surface area contributed by atoms with Gasteiger partial charge in [-0.25, -0.2) is 0 Å². The first-order valence-electron chi connectivity index (χ1n) is 5.83. The summed E-state index contributed by atoms with van der Waals surface area (Å²) >= 11 is 0. The Balaban J connectivity index is 2.55. The molecule has 94 valence electrons. The van der Waals surface area contributed by atoms with Crippen LogP contribution in [0.25, 0.3) is 0 Å². The molecule has 0 aliphatic carbocycles. The highest BCUT2D eigenvalue weighted by atomic mass is 16.1. The van der Waals surface area contributed by atoms with Crippen LogP contribution in [0.5, 0.6) is 0 Å². The molecule has 2 N–H and O–H groups in total. The highest BCUT2D eigenvalue weighted by molar-refractivity contribution is 5.97. The summed E-state index contributed by atoms with van der Waals surface area (Å²) in [5.41, 5.74) is 0.779. The molecule has 1 aromatic rings. The van der Waals surface area contributed by atoms with Gasteiger partial charge in [0.1, 0.15) is 11.6 Å². The van der Waals surface area contributed by atoms with Crippen molar-refractivity contribution in [2.24, 2.45) is 0 Å². The second kappa shape index (κ2) is 7.85. The largest absolute Gasteiger partial charge is 0.359 e. The summed E-state index contributed by atoms with van der Waals surface area (Å²) in [6.45, 7) is 2.62. The van der Waals surface area contributed by atoms with E-state index in [9.17, 15) is 4.79 Å². The topological polar surface area (TPSA) is 77.8 Å². The molecule has 0 aromatic carbocycles. The van der Waals surface area contributed by atoms with Crippen LogP contribution in [0.1, 0.15) is 19.8 Å². The number of carbonyl (C=O) groups excluding carboxylic acids is 1. The Morgan fingerprint density at radius 3 is 3.06 bits per heavy atom. The monoisotopic (exact) mass is 244 g/mol. The number of rotatable bonds is 6. The second-order valence-corrected chi connectivity index (χ2v) is 3.67. The van der Waals surface area contributed by atoms with Gasteiger partial charge in [0.2, 0.25) is 0 Å². The fourth-order valence-corrected chi connectivity index (χ4v) is 1.23. The molecular weight excluding hydrogens is 228 g/mol. The maximum atomic E-state index is 11.6. The third-order valence-electron chi connectivity index (χ3n) is 2.23. The van der Waals surface area contributed by atoms with Crippen LogP contribution in [0.2, 0.25) is 0 Å². The van der Waals surface area contributed by atoms with Gasteiger partial charge in [0.05, 0.1) is 11.9 Å². The molecule has 0 aliphatic heterocycles. The number of amides is 1. The van der Waals surface area contributed by atoms with Gasteiger partial charge < -0.3 is 10.6 Å². The number of pyridine rings is 1. The highest BCUT2D eigenvalue weighted by Crippen LogP contribution is 2.03. The van der Waals surface area contributed by atoms with E-state index < -0.39 is 0 Å². The van der Waals surface area contributed by atoms with Crippen molar-refractivity contribution in [2.75, 3.05) is 11.9 Å². The van der Waals surface area contributed by atoms with Gasteiger partial charge in [0.15, 0.2) is 0 Å². The average Bonchev–Trinajstić information content (AvgIpc) is 2.41. The number of carbonyl (C=O) groups is 1. The maximum absolute atomic E-state index is 11.6. The predicted molar refractivity (Wildman–Crippen MR) is 69.5 cm³/mol. The zero-order chi connectivity index (χ0) is 13.2. The molecule has 1 aromatic heterocycles. The molecule has 0 unspecified atom stereocenters. The van der Waals surface area contributed by atoms with Gasteiger partial charge in [-0.1, -0.05) is 13.3 Å². The highest BCUT2D eigenvalue weighted by Gasteiger charge is 2.07. The van der Waals surface area contributed by atoms with E-state index >= 15 is 0 Å². The molecule has 0 bridgehead atoms. The van der Waals surface area contributed by atoms with Crippen LogP contribution in [0.15, 0.2) is 36.3 Å². The lowest BCUT2D eigenvalue weighted by molar-refractivity contribution is -0.117. The summed E-state index contributed by atoms with van der Waals surface area (Å²) in [5.74, 6) is -0.359. The number of nitrogens with one attached hydrogen (secondary N) is 2. The third kappa shape index (κ3) is 4.66. The smallest absolute Gasteiger partial charge is 0.263 e. The van der Waals surface area contributed by atoms with Crippen LogP contribution < -0.4 is 10.6 Å². The van der Waals surface area contributed by atoms with Crippen LogP contribution in [0, 0.1) is 11.3 Å². The molecule has 0 aliphatic rings. The molecule has 0 fully saturated rings. The average molecular weight is 244 g/mol. The maximum Gasteiger partial charge on any atom is 0.263 e. The fourth-order valence-electron chi connectivity index (χ4n) is 1.23. The molecule has 5 nitrogen and oxygen atoms in total. The van der Waals surface area contributed by atoms with Crippen molar-refractivity contribution >= 4 is 11.6 Å². The zero-order valence-electron chi connectivity index (χ0n) is 10.3. The van der Waals surface area contributed by atoms with Crippen molar-refractivity contribution in [1.82, 2.24) is 10.3 Å². The second-order valence-electron chi connectivity index (χ2n) is 3.67. The van der Waals surface area contributed by atoms with Crippen LogP contribution in [0.4, 0.5) is 5.69 Å². The van der Waals surface area contributed by atoms with Crippen molar-refractivity contribution in [3.05, 3.63) is 36.3 Å². The third-order valence-corrected chi connectivity index (χ3v) is 2.23. The molecule has 1 heterocycles. The van der Waals surface area contributed by atoms with Crippen LogP contribution in [-0.2, 0) is 4.79 Å². The van der Waals surface area contributed by atoms with Gasteiger partial charge in [-0.15, -0.1) is 0 Å². The molecule has 0 saturated heterocycles. The summed E-state index contributed by atoms with van der Waals surface area (Å²) < 4.78 is 0. The molecule has 1 amide bonds. The number of aromatic nitrogens is 1. The predicted octanol–water partition coefficient (Wildman–Crippen LogP) is 1.82. The lowest BCUT2D eigenvalue weighted by atomic mass is 10.2. The van der Waals surface area contributed by atoms with E-state index in [4.69, 9.17) is 5.26 Å². The minimum absolute atomic E-state index is 0.0509. The van der Waals surface area contributed by atoms with Gasteiger partial charge in [-0.05, 0) is 18.6 Å². The molecule has 0 atom stereocenters. The zero-order valence-corrected chi connectivity index (χ0v) is 10.3. The first-order chi connectivity index (χ1) is 8.77. The van der Waals surface area contributed by atoms with Crippen molar-refractivity contribution in [2.45, 2.75) is 19.8 Å². The van der Waals surface area contributed by atoms with E-state index in [2.05, 4.69) is 15.6 Å². The summed E-state index contributed by atoms with van der Waals surface area (Å²) in [7, 11) is 0. The Bertz CT molecular complexity index is 448. The molecular formula is C13H16N4O. The molecule has 0 spiro atoms. The summed E-state index contributed by atoms with van der Waals surface area (Å²) in [4.78, 5) is 15.5. The van der Waals surface area contributed by atoms with E-state index in [-0.39, 0.29) is 11.5 Å². The molecule has 1 rings (SSSR count). The summed E-state index contributed by atoms with van der Waals surface area (Å²) in [6.07, 6.45) is 6.55. The Hall–Kier alpha value is -2.35. The molecule has 18 heavy (non-hydrogen) atoms. The first kappa shape index (κ1) is 13.7. The van der Waals surface area contributed by atoms with Crippen molar-refractivity contribution in [3.63, 3.8) is 0 Å². The Kier molecular flexibility index (Phi) is 5.98. The van der Waals surface area contributed by atoms with Crippen molar-refractivity contribution < 1.29 is 4.79 Å². The van der Waals surface area contributed by atoms with Crippen LogP contribution >= 0.6 is 0 Å². The quantitative estimate of drug-likeness (QED) is 0.454.